The topological polar surface area (TPSA) is 75.0 Å². The summed E-state index contributed by atoms with van der Waals surface area (Å²) in [6.45, 7) is 5.87. The largest absolute Gasteiger partial charge is 0.341 e. The molecule has 0 saturated carbocycles. The molecule has 0 unspecified atom stereocenters. The molecule has 2 aliphatic rings. The highest BCUT2D eigenvalue weighted by Crippen LogP contribution is 2.33. The zero-order valence-electron chi connectivity index (χ0n) is 16.7. The molecule has 2 saturated heterocycles. The molecule has 0 radical (unpaired) electrons. The molecule has 0 spiro atoms. The SMILES string of the molecule is Cc1csc2c([C@@H]3CCCN(C(=O)CN(C)[C@@H]4CCS(=O)(=O)C4)C3)nc(C)n12. The molecule has 2 aromatic heterocycles. The van der Waals surface area contributed by atoms with Gasteiger partial charge in [0.2, 0.25) is 5.91 Å². The highest BCUT2D eigenvalue weighted by molar-refractivity contribution is 7.91. The van der Waals surface area contributed by atoms with Crippen LogP contribution in [0.2, 0.25) is 0 Å². The van der Waals surface area contributed by atoms with E-state index in [-0.39, 0.29) is 35.9 Å². The maximum Gasteiger partial charge on any atom is 0.236 e. The third-order valence-corrected chi connectivity index (χ3v) is 8.92. The Morgan fingerprint density at radius 1 is 1.36 bits per heavy atom. The predicted octanol–water partition coefficient (Wildman–Crippen LogP) is 1.84. The highest BCUT2D eigenvalue weighted by atomic mass is 32.2. The van der Waals surface area contributed by atoms with Gasteiger partial charge in [0, 0.05) is 36.1 Å². The van der Waals surface area contributed by atoms with Crippen molar-refractivity contribution in [2.75, 3.05) is 38.2 Å². The summed E-state index contributed by atoms with van der Waals surface area (Å²) in [4.78, 5) is 22.8. The van der Waals surface area contributed by atoms with Crippen molar-refractivity contribution in [2.45, 2.75) is 45.1 Å². The average molecular weight is 425 g/mol. The fraction of sp³-hybridized carbons (Fsp3) is 0.684. The van der Waals surface area contributed by atoms with Gasteiger partial charge in [0.15, 0.2) is 9.84 Å². The summed E-state index contributed by atoms with van der Waals surface area (Å²) in [5, 5.41) is 2.16. The van der Waals surface area contributed by atoms with Crippen LogP contribution in [0.1, 0.15) is 42.4 Å². The van der Waals surface area contributed by atoms with E-state index < -0.39 is 9.84 Å². The van der Waals surface area contributed by atoms with E-state index in [2.05, 4.69) is 16.7 Å². The molecule has 4 heterocycles. The van der Waals surface area contributed by atoms with Crippen LogP contribution in [0.4, 0.5) is 0 Å². The predicted molar refractivity (Wildman–Crippen MR) is 111 cm³/mol. The number of carbonyl (C=O) groups is 1. The normalized spacial score (nSPS) is 25.1. The minimum Gasteiger partial charge on any atom is -0.341 e. The summed E-state index contributed by atoms with van der Waals surface area (Å²) in [6.07, 6.45) is 2.64. The lowest BCUT2D eigenvalue weighted by Gasteiger charge is -2.34. The maximum absolute atomic E-state index is 12.9. The van der Waals surface area contributed by atoms with Gasteiger partial charge in [-0.3, -0.25) is 14.1 Å². The van der Waals surface area contributed by atoms with Crippen molar-refractivity contribution in [3.8, 4) is 0 Å². The van der Waals surface area contributed by atoms with Gasteiger partial charge in [-0.25, -0.2) is 13.4 Å². The number of thiazole rings is 1. The number of fused-ring (bicyclic) bond motifs is 1. The number of hydrogen-bond acceptors (Lipinski definition) is 6. The van der Waals surface area contributed by atoms with Gasteiger partial charge in [0.1, 0.15) is 10.7 Å². The first-order valence-corrected chi connectivity index (χ1v) is 12.6. The van der Waals surface area contributed by atoms with Gasteiger partial charge in [-0.05, 0) is 40.2 Å². The zero-order chi connectivity index (χ0) is 20.1. The molecule has 2 atom stereocenters. The quantitative estimate of drug-likeness (QED) is 0.749. The van der Waals surface area contributed by atoms with Crippen molar-refractivity contribution >= 4 is 31.9 Å². The molecule has 7 nitrogen and oxygen atoms in total. The van der Waals surface area contributed by atoms with Gasteiger partial charge < -0.3 is 4.90 Å². The number of imidazole rings is 1. The van der Waals surface area contributed by atoms with Crippen LogP contribution >= 0.6 is 11.3 Å². The highest BCUT2D eigenvalue weighted by Gasteiger charge is 2.33. The molecule has 2 aliphatic heterocycles. The fourth-order valence-electron chi connectivity index (χ4n) is 4.51. The van der Waals surface area contributed by atoms with Crippen LogP contribution in [0.25, 0.3) is 4.83 Å². The molecule has 0 aliphatic carbocycles. The summed E-state index contributed by atoms with van der Waals surface area (Å²) in [6, 6.07) is -0.0425. The summed E-state index contributed by atoms with van der Waals surface area (Å²) in [5.41, 5.74) is 2.32. The van der Waals surface area contributed by atoms with Gasteiger partial charge in [0.05, 0.1) is 23.7 Å². The van der Waals surface area contributed by atoms with Crippen LogP contribution in [-0.2, 0) is 14.6 Å². The lowest BCUT2D eigenvalue weighted by molar-refractivity contribution is -0.133. The van der Waals surface area contributed by atoms with Gasteiger partial charge >= 0.3 is 0 Å². The standard InChI is InChI=1S/C19H28N4O3S2/c1-13-11-27-19-18(20-14(2)23(13)19)15-5-4-7-22(9-15)17(24)10-21(3)16-6-8-28(25,26)12-16/h11,15-16H,4-10,12H2,1-3H3/t15-,16-/m1/s1. The number of aromatic nitrogens is 2. The van der Waals surface area contributed by atoms with Gasteiger partial charge in [-0.2, -0.15) is 0 Å². The van der Waals surface area contributed by atoms with Crippen molar-refractivity contribution in [1.29, 1.82) is 0 Å². The minimum absolute atomic E-state index is 0.0425. The third-order valence-electron chi connectivity index (χ3n) is 6.10. The Hall–Kier alpha value is -1.45. The molecule has 0 aromatic carbocycles. The summed E-state index contributed by atoms with van der Waals surface area (Å²) in [7, 11) is -1.08. The molecule has 2 aromatic rings. The average Bonchev–Trinajstić information content (AvgIpc) is 3.31. The van der Waals surface area contributed by atoms with E-state index in [1.54, 1.807) is 11.3 Å². The van der Waals surface area contributed by atoms with Crippen LogP contribution < -0.4 is 0 Å². The molecule has 2 fully saturated rings. The van der Waals surface area contributed by atoms with E-state index in [0.717, 1.165) is 30.9 Å². The third kappa shape index (κ3) is 3.71. The Balaban J connectivity index is 1.44. The number of sulfone groups is 1. The molecule has 28 heavy (non-hydrogen) atoms. The van der Waals surface area contributed by atoms with Crippen molar-refractivity contribution < 1.29 is 13.2 Å². The Bertz CT molecular complexity index is 994. The first-order chi connectivity index (χ1) is 13.2. The first-order valence-electron chi connectivity index (χ1n) is 9.86. The minimum atomic E-state index is -2.94. The van der Waals surface area contributed by atoms with E-state index in [0.29, 0.717) is 13.0 Å². The molecule has 0 N–H and O–H groups in total. The second-order valence-corrected chi connectivity index (χ2v) is 11.3. The van der Waals surface area contributed by atoms with E-state index in [1.807, 2.05) is 23.8 Å². The molecular weight excluding hydrogens is 396 g/mol. The zero-order valence-corrected chi connectivity index (χ0v) is 18.4. The second kappa shape index (κ2) is 7.42. The smallest absolute Gasteiger partial charge is 0.236 e. The Kier molecular flexibility index (Phi) is 5.26. The number of aryl methyl sites for hydroxylation is 2. The van der Waals surface area contributed by atoms with Crippen LogP contribution in [0.3, 0.4) is 0 Å². The fourth-order valence-corrected chi connectivity index (χ4v) is 7.42. The van der Waals surface area contributed by atoms with Crippen molar-refractivity contribution in [3.63, 3.8) is 0 Å². The lowest BCUT2D eigenvalue weighted by Crippen LogP contribution is -2.46. The Labute approximate surface area is 170 Å². The van der Waals surface area contributed by atoms with Crippen LogP contribution in [-0.4, -0.2) is 77.7 Å². The van der Waals surface area contributed by atoms with Gasteiger partial charge in [-0.1, -0.05) is 0 Å². The lowest BCUT2D eigenvalue weighted by atomic mass is 9.95. The van der Waals surface area contributed by atoms with Crippen molar-refractivity contribution in [3.05, 3.63) is 22.6 Å². The second-order valence-electron chi connectivity index (χ2n) is 8.21. The van der Waals surface area contributed by atoms with Crippen LogP contribution in [0, 0.1) is 13.8 Å². The molecule has 0 bridgehead atoms. The maximum atomic E-state index is 12.9. The number of hydrogen-bond donors (Lipinski definition) is 0. The Morgan fingerprint density at radius 3 is 2.86 bits per heavy atom. The molecular formula is C19H28N4O3S2. The number of piperidine rings is 1. The molecule has 4 rings (SSSR count). The summed E-state index contributed by atoms with van der Waals surface area (Å²) < 4.78 is 25.6. The number of rotatable bonds is 4. The number of nitrogens with zero attached hydrogens (tertiary/aromatic N) is 4. The summed E-state index contributed by atoms with van der Waals surface area (Å²) >= 11 is 1.72. The Morgan fingerprint density at radius 2 is 2.14 bits per heavy atom. The number of likely N-dealkylation sites (N-methyl/N-ethyl adjacent to an activating group) is 1. The van der Waals surface area contributed by atoms with Crippen molar-refractivity contribution in [1.82, 2.24) is 19.2 Å². The van der Waals surface area contributed by atoms with Crippen molar-refractivity contribution in [2.24, 2.45) is 0 Å². The number of carbonyl (C=O) groups excluding carboxylic acids is 1. The van der Waals surface area contributed by atoms with Crippen LogP contribution in [0.5, 0.6) is 0 Å². The monoisotopic (exact) mass is 424 g/mol. The van der Waals surface area contributed by atoms with Gasteiger partial charge in [-0.15, -0.1) is 11.3 Å². The van der Waals surface area contributed by atoms with Gasteiger partial charge in [0.25, 0.3) is 0 Å². The first kappa shape index (κ1) is 19.8. The van der Waals surface area contributed by atoms with E-state index in [9.17, 15) is 13.2 Å². The number of likely N-dealkylation sites (tertiary alicyclic amines) is 1. The summed E-state index contributed by atoms with van der Waals surface area (Å²) in [5.74, 6) is 1.76. The van der Waals surface area contributed by atoms with Crippen LogP contribution in [0.15, 0.2) is 5.38 Å². The molecule has 154 valence electrons. The van der Waals surface area contributed by atoms with E-state index in [4.69, 9.17) is 4.98 Å². The van der Waals surface area contributed by atoms with E-state index >= 15 is 0 Å². The molecule has 9 heteroatoms. The number of amides is 1. The molecule has 1 amide bonds. The van der Waals surface area contributed by atoms with E-state index in [1.165, 1.54) is 10.5 Å².